The molecule has 0 saturated heterocycles. The molecule has 0 radical (unpaired) electrons. The summed E-state index contributed by atoms with van der Waals surface area (Å²) >= 11 is 0. The lowest BCUT2D eigenvalue weighted by molar-refractivity contribution is -0.275. The Morgan fingerprint density at radius 2 is 1.97 bits per heavy atom. The highest BCUT2D eigenvalue weighted by Crippen LogP contribution is 2.35. The van der Waals surface area contributed by atoms with Gasteiger partial charge in [-0.2, -0.15) is 4.98 Å². The Bertz CT molecular complexity index is 1520. The van der Waals surface area contributed by atoms with Crippen LogP contribution in [0.3, 0.4) is 0 Å². The van der Waals surface area contributed by atoms with E-state index in [1.165, 1.54) is 27.6 Å². The first-order chi connectivity index (χ1) is 17.6. The molecule has 3 N–H and O–H groups in total. The van der Waals surface area contributed by atoms with Gasteiger partial charge in [0.15, 0.2) is 5.65 Å². The summed E-state index contributed by atoms with van der Waals surface area (Å²) in [6, 6.07) is 9.48. The van der Waals surface area contributed by atoms with E-state index in [1.54, 1.807) is 43.6 Å². The zero-order valence-corrected chi connectivity index (χ0v) is 19.4. The van der Waals surface area contributed by atoms with Crippen molar-refractivity contribution in [3.8, 4) is 16.9 Å². The number of para-hydroxylation sites is 1. The summed E-state index contributed by atoms with van der Waals surface area (Å²) in [6.45, 7) is 1.96. The van der Waals surface area contributed by atoms with Crippen molar-refractivity contribution >= 4 is 23.5 Å². The lowest BCUT2D eigenvalue weighted by Crippen LogP contribution is -2.40. The summed E-state index contributed by atoms with van der Waals surface area (Å²) in [4.78, 5) is 34.7. The number of carbonyl (C=O) groups is 2. The fourth-order valence-electron chi connectivity index (χ4n) is 4.32. The monoisotopic (exact) mass is 511 g/mol. The van der Waals surface area contributed by atoms with Crippen molar-refractivity contribution in [1.29, 1.82) is 0 Å². The van der Waals surface area contributed by atoms with Gasteiger partial charge in [-0.1, -0.05) is 18.2 Å². The number of rotatable bonds is 5. The predicted molar refractivity (Wildman–Crippen MR) is 126 cm³/mol. The maximum absolute atomic E-state index is 13.5. The Morgan fingerprint density at radius 3 is 2.73 bits per heavy atom. The van der Waals surface area contributed by atoms with E-state index in [-0.39, 0.29) is 23.2 Å². The highest BCUT2D eigenvalue weighted by atomic mass is 19.4. The van der Waals surface area contributed by atoms with Crippen molar-refractivity contribution in [2.24, 2.45) is 5.73 Å². The van der Waals surface area contributed by atoms with Crippen LogP contribution in [0.2, 0.25) is 0 Å². The van der Waals surface area contributed by atoms with Gasteiger partial charge in [-0.25, -0.2) is 9.31 Å². The van der Waals surface area contributed by atoms with Crippen LogP contribution in [-0.2, 0) is 6.42 Å². The van der Waals surface area contributed by atoms with Crippen molar-refractivity contribution in [3.63, 3.8) is 0 Å². The Balaban J connectivity index is 1.44. The number of carbonyl (C=O) groups excluding carboxylic acids is 2. The number of nitrogens with zero attached hydrogens (tertiary/aromatic N) is 5. The van der Waals surface area contributed by atoms with Crippen LogP contribution in [0.4, 0.5) is 23.9 Å². The van der Waals surface area contributed by atoms with E-state index >= 15 is 0 Å². The molecule has 4 aromatic rings. The SMILES string of the molecule is CC(c1ccccc1OC(F)(F)F)N1CCc2ncc(-c3ccn4nc(NC(N)=O)nc4c3)cc2C1=O. The molecule has 1 aliphatic rings. The predicted octanol–water partition coefficient (Wildman–Crippen LogP) is 3.94. The summed E-state index contributed by atoms with van der Waals surface area (Å²) < 4.78 is 44.4. The van der Waals surface area contributed by atoms with Gasteiger partial charge < -0.3 is 15.4 Å². The first kappa shape index (κ1) is 24.0. The molecule has 0 bridgehead atoms. The van der Waals surface area contributed by atoms with Crippen molar-refractivity contribution in [2.75, 3.05) is 11.9 Å². The van der Waals surface area contributed by atoms with E-state index in [9.17, 15) is 22.8 Å². The van der Waals surface area contributed by atoms with Gasteiger partial charge >= 0.3 is 12.4 Å². The van der Waals surface area contributed by atoms with Crippen LogP contribution in [0.15, 0.2) is 54.9 Å². The maximum atomic E-state index is 13.5. The molecule has 13 heteroatoms. The molecule has 10 nitrogen and oxygen atoms in total. The second kappa shape index (κ2) is 9.08. The minimum Gasteiger partial charge on any atom is -0.405 e. The lowest BCUT2D eigenvalue weighted by Gasteiger charge is -2.34. The number of halogens is 3. The van der Waals surface area contributed by atoms with E-state index in [0.717, 1.165) is 0 Å². The molecule has 0 spiro atoms. The number of benzene rings is 1. The van der Waals surface area contributed by atoms with Gasteiger partial charge in [-0.05, 0) is 36.8 Å². The van der Waals surface area contributed by atoms with Crippen molar-refractivity contribution in [1.82, 2.24) is 24.5 Å². The Morgan fingerprint density at radius 1 is 1.19 bits per heavy atom. The second-order valence-corrected chi connectivity index (χ2v) is 8.37. The molecule has 0 saturated carbocycles. The lowest BCUT2D eigenvalue weighted by atomic mass is 9.97. The van der Waals surface area contributed by atoms with Gasteiger partial charge in [0.2, 0.25) is 0 Å². The van der Waals surface area contributed by atoms with E-state index < -0.39 is 18.4 Å². The number of primary amides is 1. The zero-order valence-electron chi connectivity index (χ0n) is 19.4. The molecule has 190 valence electrons. The molecule has 37 heavy (non-hydrogen) atoms. The third-order valence-electron chi connectivity index (χ3n) is 6.02. The topological polar surface area (TPSA) is 128 Å². The Kier molecular flexibility index (Phi) is 5.90. The number of hydrogen-bond acceptors (Lipinski definition) is 6. The minimum absolute atomic E-state index is 0.0443. The highest BCUT2D eigenvalue weighted by Gasteiger charge is 2.35. The van der Waals surface area contributed by atoms with Crippen molar-refractivity contribution < 1.29 is 27.5 Å². The van der Waals surface area contributed by atoms with Gasteiger partial charge in [0, 0.05) is 36.5 Å². The van der Waals surface area contributed by atoms with Crippen molar-refractivity contribution in [3.05, 3.63) is 71.7 Å². The average molecular weight is 511 g/mol. The molecule has 5 rings (SSSR count). The molecule has 3 amide bonds. The normalized spacial score (nSPS) is 14.4. The molecule has 1 unspecified atom stereocenters. The number of urea groups is 1. The summed E-state index contributed by atoms with van der Waals surface area (Å²) in [5.41, 5.74) is 8.09. The molecule has 1 aromatic carbocycles. The zero-order chi connectivity index (χ0) is 26.3. The van der Waals surface area contributed by atoms with Crippen LogP contribution >= 0.6 is 0 Å². The summed E-state index contributed by atoms with van der Waals surface area (Å²) in [6.07, 6.45) is -1.13. The number of hydrogen-bond donors (Lipinski definition) is 2. The molecule has 1 atom stereocenters. The van der Waals surface area contributed by atoms with E-state index in [0.29, 0.717) is 41.0 Å². The fourth-order valence-corrected chi connectivity index (χ4v) is 4.32. The highest BCUT2D eigenvalue weighted by molar-refractivity contribution is 5.97. The molecule has 3 aromatic heterocycles. The van der Waals surface area contributed by atoms with Crippen LogP contribution in [0, 0.1) is 0 Å². The molecular weight excluding hydrogens is 491 g/mol. The third kappa shape index (κ3) is 4.87. The minimum atomic E-state index is -4.85. The van der Waals surface area contributed by atoms with Gasteiger partial charge in [-0.15, -0.1) is 18.3 Å². The quantitative estimate of drug-likeness (QED) is 0.418. The molecule has 4 heterocycles. The molecule has 0 fully saturated rings. The van der Waals surface area contributed by atoms with E-state index in [1.807, 2.05) is 0 Å². The maximum Gasteiger partial charge on any atom is 0.573 e. The third-order valence-corrected chi connectivity index (χ3v) is 6.02. The Labute approximate surface area is 207 Å². The largest absolute Gasteiger partial charge is 0.573 e. The van der Waals surface area contributed by atoms with Gasteiger partial charge in [0.1, 0.15) is 5.75 Å². The number of alkyl halides is 3. The van der Waals surface area contributed by atoms with Crippen LogP contribution < -0.4 is 15.8 Å². The van der Waals surface area contributed by atoms with Crippen LogP contribution in [-0.4, -0.2) is 49.3 Å². The van der Waals surface area contributed by atoms with Gasteiger partial charge in [0.25, 0.3) is 11.9 Å². The number of nitrogens with one attached hydrogen (secondary N) is 1. The van der Waals surface area contributed by atoms with Crippen molar-refractivity contribution in [2.45, 2.75) is 25.7 Å². The van der Waals surface area contributed by atoms with Gasteiger partial charge in [0.05, 0.1) is 17.3 Å². The van der Waals surface area contributed by atoms with Crippen LogP contribution in [0.25, 0.3) is 16.8 Å². The summed E-state index contributed by atoms with van der Waals surface area (Å²) in [7, 11) is 0. The molecular formula is C24H20F3N7O3. The molecule has 1 aliphatic heterocycles. The first-order valence-electron chi connectivity index (χ1n) is 11.2. The number of amides is 3. The standard InChI is InChI=1S/C24H20F3N7O3/c1-13(16-4-2-3-5-19(16)37-24(25,26)27)33-8-7-18-17(21(33)35)10-15(12-29-18)14-6-9-34-20(11-14)30-23(32-34)31-22(28)36/h2-6,9-13H,7-8H2,1H3,(H3,28,31,32,36). The average Bonchev–Trinajstić information content (AvgIpc) is 3.24. The van der Waals surface area contributed by atoms with Gasteiger partial charge in [-0.3, -0.25) is 15.1 Å². The number of nitrogens with two attached hydrogens (primary N) is 1. The number of pyridine rings is 2. The Hall–Kier alpha value is -4.68. The number of fused-ring (bicyclic) bond motifs is 2. The summed E-state index contributed by atoms with van der Waals surface area (Å²) in [5.74, 6) is -0.649. The number of ether oxygens (including phenoxy) is 1. The van der Waals surface area contributed by atoms with Crippen LogP contribution in [0.1, 0.15) is 34.6 Å². The number of anilines is 1. The summed E-state index contributed by atoms with van der Waals surface area (Å²) in [5, 5.41) is 6.40. The van der Waals surface area contributed by atoms with E-state index in [4.69, 9.17) is 5.73 Å². The fraction of sp³-hybridized carbons (Fsp3) is 0.208. The smallest absolute Gasteiger partial charge is 0.405 e. The van der Waals surface area contributed by atoms with E-state index in [2.05, 4.69) is 25.1 Å². The van der Waals surface area contributed by atoms with Crippen LogP contribution in [0.5, 0.6) is 5.75 Å². The second-order valence-electron chi connectivity index (χ2n) is 8.37. The molecule has 0 aliphatic carbocycles. The number of aromatic nitrogens is 4. The first-order valence-corrected chi connectivity index (χ1v) is 11.2.